The molecule has 1 aromatic carbocycles. The molecule has 0 saturated carbocycles. The van der Waals surface area contributed by atoms with E-state index in [1.54, 1.807) is 26.2 Å². The third-order valence-electron chi connectivity index (χ3n) is 2.68. The summed E-state index contributed by atoms with van der Waals surface area (Å²) in [6.07, 6.45) is 0. The lowest BCUT2D eigenvalue weighted by atomic mass is 10.2. The number of nitrogens with two attached hydrogens (primary N) is 1. The molecule has 1 amide bonds. The van der Waals surface area contributed by atoms with Crippen molar-refractivity contribution in [1.29, 1.82) is 0 Å². The minimum Gasteiger partial charge on any atom is -0.398 e. The van der Waals surface area contributed by atoms with Crippen molar-refractivity contribution in [2.45, 2.75) is 24.0 Å². The van der Waals surface area contributed by atoms with Crippen LogP contribution in [-0.2, 0) is 20.3 Å². The number of anilines is 1. The van der Waals surface area contributed by atoms with Gasteiger partial charge in [0, 0.05) is 19.3 Å². The average molecular weight is 284 g/mol. The molecule has 0 saturated heterocycles. The van der Waals surface area contributed by atoms with Crippen molar-refractivity contribution in [3.05, 3.63) is 23.8 Å². The fourth-order valence-corrected chi connectivity index (χ4v) is 2.78. The number of carbonyl (C=O) groups excluding carboxylic acids is 1. The Morgan fingerprint density at radius 2 is 2.21 bits per heavy atom. The predicted octanol–water partition coefficient (Wildman–Crippen LogP) is 0.836. The van der Waals surface area contributed by atoms with Crippen LogP contribution in [0.15, 0.2) is 23.1 Å². The zero-order chi connectivity index (χ0) is 14.4. The van der Waals surface area contributed by atoms with Gasteiger partial charge < -0.3 is 15.8 Å². The number of nitrogens with one attached hydrogen (secondary N) is 1. The van der Waals surface area contributed by atoms with Crippen LogP contribution in [0, 0.1) is 6.92 Å². The molecule has 0 radical (unpaired) electrons. The topological polar surface area (TPSA) is 81.4 Å². The smallest absolute Gasteiger partial charge is 0.235 e. The van der Waals surface area contributed by atoms with Crippen molar-refractivity contribution < 1.29 is 13.7 Å². The van der Waals surface area contributed by atoms with Crippen LogP contribution in [0.1, 0.15) is 12.5 Å². The zero-order valence-corrected chi connectivity index (χ0v) is 12.3. The van der Waals surface area contributed by atoms with E-state index in [2.05, 4.69) is 5.32 Å². The highest BCUT2D eigenvalue weighted by molar-refractivity contribution is 7.86. The molecule has 0 aliphatic rings. The van der Waals surface area contributed by atoms with E-state index in [1.165, 1.54) is 0 Å². The van der Waals surface area contributed by atoms with Gasteiger partial charge in [-0.3, -0.25) is 9.00 Å². The van der Waals surface area contributed by atoms with E-state index in [4.69, 9.17) is 10.5 Å². The Morgan fingerprint density at radius 3 is 2.84 bits per heavy atom. The maximum Gasteiger partial charge on any atom is 0.235 e. The second kappa shape index (κ2) is 7.25. The molecule has 19 heavy (non-hydrogen) atoms. The van der Waals surface area contributed by atoms with Crippen molar-refractivity contribution in [2.75, 3.05) is 26.0 Å². The quantitative estimate of drug-likeness (QED) is 0.599. The van der Waals surface area contributed by atoms with E-state index >= 15 is 0 Å². The van der Waals surface area contributed by atoms with Crippen LogP contribution >= 0.6 is 0 Å². The Kier molecular flexibility index (Phi) is 5.98. The number of hydrogen-bond acceptors (Lipinski definition) is 4. The van der Waals surface area contributed by atoms with Gasteiger partial charge in [-0.1, -0.05) is 6.07 Å². The third kappa shape index (κ3) is 4.33. The predicted molar refractivity (Wildman–Crippen MR) is 76.3 cm³/mol. The minimum absolute atomic E-state index is 0.267. The lowest BCUT2D eigenvalue weighted by Crippen LogP contribution is -2.37. The van der Waals surface area contributed by atoms with Crippen molar-refractivity contribution in [2.24, 2.45) is 0 Å². The first-order valence-corrected chi connectivity index (χ1v) is 7.22. The molecule has 0 bridgehead atoms. The Hall–Kier alpha value is -1.40. The summed E-state index contributed by atoms with van der Waals surface area (Å²) in [5, 5.41) is 2.02. The van der Waals surface area contributed by atoms with Crippen LogP contribution in [0.2, 0.25) is 0 Å². The molecule has 0 aromatic heterocycles. The van der Waals surface area contributed by atoms with E-state index in [-0.39, 0.29) is 5.91 Å². The molecule has 1 aromatic rings. The number of rotatable bonds is 6. The second-order valence-corrected chi connectivity index (χ2v) is 6.01. The summed E-state index contributed by atoms with van der Waals surface area (Å²) in [4.78, 5) is 12.3. The first kappa shape index (κ1) is 15.7. The maximum atomic E-state index is 12.3. The number of carbonyl (C=O) groups is 1. The largest absolute Gasteiger partial charge is 0.398 e. The highest BCUT2D eigenvalue weighted by Gasteiger charge is 2.22. The summed E-state index contributed by atoms with van der Waals surface area (Å²) < 4.78 is 17.2. The van der Waals surface area contributed by atoms with E-state index in [1.807, 2.05) is 13.0 Å². The SMILES string of the molecule is COCCNC(=O)C(C)S(=O)c1cc(C)ccc1N. The molecule has 2 unspecified atom stereocenters. The highest BCUT2D eigenvalue weighted by Crippen LogP contribution is 2.20. The number of nitrogen functional groups attached to an aromatic ring is 1. The summed E-state index contributed by atoms with van der Waals surface area (Å²) >= 11 is 0. The molecule has 0 heterocycles. The van der Waals surface area contributed by atoms with Gasteiger partial charge in [-0.05, 0) is 31.5 Å². The number of amides is 1. The molecular formula is C13H20N2O3S. The number of aryl methyl sites for hydroxylation is 1. The van der Waals surface area contributed by atoms with Crippen molar-refractivity contribution >= 4 is 22.4 Å². The van der Waals surface area contributed by atoms with Crippen molar-refractivity contribution in [3.63, 3.8) is 0 Å². The molecule has 0 spiro atoms. The van der Waals surface area contributed by atoms with Crippen molar-refractivity contribution in [1.82, 2.24) is 5.32 Å². The first-order valence-electron chi connectivity index (χ1n) is 6.00. The molecule has 2 atom stereocenters. The monoisotopic (exact) mass is 284 g/mol. The van der Waals surface area contributed by atoms with Gasteiger partial charge in [0.05, 0.1) is 22.3 Å². The van der Waals surface area contributed by atoms with Gasteiger partial charge in [0.2, 0.25) is 5.91 Å². The normalized spacial score (nSPS) is 13.8. The molecule has 1 rings (SSSR count). The standard InChI is InChI=1S/C13H20N2O3S/c1-9-4-5-11(14)12(8-9)19(17)10(2)13(16)15-6-7-18-3/h4-5,8,10H,6-7,14H2,1-3H3,(H,15,16). The number of benzene rings is 1. The molecule has 5 nitrogen and oxygen atoms in total. The molecule has 0 aliphatic carbocycles. The van der Waals surface area contributed by atoms with E-state index in [0.29, 0.717) is 23.7 Å². The summed E-state index contributed by atoms with van der Waals surface area (Å²) in [6.45, 7) is 4.35. The van der Waals surface area contributed by atoms with E-state index < -0.39 is 16.0 Å². The third-order valence-corrected chi connectivity index (χ3v) is 4.32. The number of hydrogen-bond donors (Lipinski definition) is 2. The van der Waals surface area contributed by atoms with E-state index in [0.717, 1.165) is 5.56 Å². The number of methoxy groups -OCH3 is 1. The summed E-state index contributed by atoms with van der Waals surface area (Å²) in [7, 11) is 0.0934. The van der Waals surface area contributed by atoms with Gasteiger partial charge >= 0.3 is 0 Å². The molecule has 0 aliphatic heterocycles. The molecular weight excluding hydrogens is 264 g/mol. The highest BCUT2D eigenvalue weighted by atomic mass is 32.2. The fourth-order valence-electron chi connectivity index (χ4n) is 1.52. The number of ether oxygens (including phenoxy) is 1. The van der Waals surface area contributed by atoms with Gasteiger partial charge in [0.15, 0.2) is 0 Å². The van der Waals surface area contributed by atoms with Crippen LogP contribution in [0.25, 0.3) is 0 Å². The van der Waals surface area contributed by atoms with Crippen LogP contribution in [0.3, 0.4) is 0 Å². The first-order chi connectivity index (χ1) is 8.97. The van der Waals surface area contributed by atoms with Gasteiger partial charge in [-0.25, -0.2) is 0 Å². The van der Waals surface area contributed by atoms with Gasteiger partial charge in [-0.15, -0.1) is 0 Å². The summed E-state index contributed by atoms with van der Waals surface area (Å²) in [5.74, 6) is -0.267. The molecule has 106 valence electrons. The lowest BCUT2D eigenvalue weighted by molar-refractivity contribution is -0.120. The van der Waals surface area contributed by atoms with Gasteiger partial charge in [0.25, 0.3) is 0 Å². The van der Waals surface area contributed by atoms with E-state index in [9.17, 15) is 9.00 Å². The van der Waals surface area contributed by atoms with Crippen LogP contribution in [-0.4, -0.2) is 35.6 Å². The fraction of sp³-hybridized carbons (Fsp3) is 0.462. The van der Waals surface area contributed by atoms with Gasteiger partial charge in [0.1, 0.15) is 5.25 Å². The van der Waals surface area contributed by atoms with Gasteiger partial charge in [-0.2, -0.15) is 0 Å². The Morgan fingerprint density at radius 1 is 1.53 bits per heavy atom. The minimum atomic E-state index is -1.46. The second-order valence-electron chi connectivity index (χ2n) is 4.26. The van der Waals surface area contributed by atoms with Crippen LogP contribution in [0.5, 0.6) is 0 Å². The Labute approximate surface area is 116 Å². The van der Waals surface area contributed by atoms with Crippen LogP contribution in [0.4, 0.5) is 5.69 Å². The average Bonchev–Trinajstić information content (AvgIpc) is 2.40. The summed E-state index contributed by atoms with van der Waals surface area (Å²) in [6, 6.07) is 5.31. The zero-order valence-electron chi connectivity index (χ0n) is 11.4. The van der Waals surface area contributed by atoms with Crippen LogP contribution < -0.4 is 11.1 Å². The Bertz CT molecular complexity index is 477. The Balaban J connectivity index is 2.76. The lowest BCUT2D eigenvalue weighted by Gasteiger charge is -2.13. The molecule has 6 heteroatoms. The molecule has 0 fully saturated rings. The maximum absolute atomic E-state index is 12.3. The van der Waals surface area contributed by atoms with Crippen molar-refractivity contribution in [3.8, 4) is 0 Å². The summed E-state index contributed by atoms with van der Waals surface area (Å²) in [5.41, 5.74) is 7.21. The molecule has 3 N–H and O–H groups in total.